The topological polar surface area (TPSA) is 108 Å². The highest BCUT2D eigenvalue weighted by Crippen LogP contribution is 2.16. The molecule has 0 radical (unpaired) electrons. The van der Waals surface area contributed by atoms with Crippen molar-refractivity contribution in [3.63, 3.8) is 0 Å². The Kier molecular flexibility index (Phi) is 17.3. The van der Waals surface area contributed by atoms with Gasteiger partial charge in [0, 0.05) is 0 Å². The molecule has 0 aromatic carbocycles. The van der Waals surface area contributed by atoms with Gasteiger partial charge in [0.2, 0.25) is 0 Å². The molecule has 0 unspecified atom stereocenters. The first-order valence-electron chi connectivity index (χ1n) is 11.0. The van der Waals surface area contributed by atoms with Crippen LogP contribution in [0.3, 0.4) is 0 Å². The van der Waals surface area contributed by atoms with Crippen LogP contribution in [0.4, 0.5) is 0 Å². The minimum atomic E-state index is -1.21. The number of carbonyl (C=O) groups excluding carboxylic acids is 4. The molecule has 0 aromatic rings. The van der Waals surface area contributed by atoms with Gasteiger partial charge < -0.3 is 18.9 Å². The van der Waals surface area contributed by atoms with Crippen LogP contribution in [0.2, 0.25) is 0 Å². The van der Waals surface area contributed by atoms with Crippen molar-refractivity contribution in [3.8, 4) is 0 Å². The summed E-state index contributed by atoms with van der Waals surface area (Å²) in [4.78, 5) is 51.4. The van der Waals surface area contributed by atoms with Gasteiger partial charge in [0.1, 0.15) is 29.5 Å². The highest BCUT2D eigenvalue weighted by molar-refractivity contribution is 7.99. The van der Waals surface area contributed by atoms with Crippen LogP contribution in [0.1, 0.15) is 84.1 Å². The maximum absolute atomic E-state index is 13.0. The van der Waals surface area contributed by atoms with Gasteiger partial charge in [-0.25, -0.2) is 0 Å². The Morgan fingerprint density at radius 1 is 0.714 bits per heavy atom. The second-order valence-electron chi connectivity index (χ2n) is 10.4. The first kappa shape index (κ1) is 37.7. The molecule has 208 valence electrons. The van der Waals surface area contributed by atoms with Gasteiger partial charge >= 0.3 is 23.9 Å². The van der Waals surface area contributed by atoms with Crippen molar-refractivity contribution in [1.29, 1.82) is 0 Å². The summed E-state index contributed by atoms with van der Waals surface area (Å²) in [5.74, 6) is -1.68. The lowest BCUT2D eigenvalue weighted by molar-refractivity contribution is -0.170. The highest BCUT2D eigenvalue weighted by atomic mass is 32.2. The lowest BCUT2D eigenvalue weighted by Gasteiger charge is -2.32. The molecular weight excluding hydrogens is 474 g/mol. The maximum atomic E-state index is 13.0. The molecule has 10 heteroatoms. The summed E-state index contributed by atoms with van der Waals surface area (Å²) in [7, 11) is 0. The van der Waals surface area contributed by atoms with Crippen LogP contribution in [-0.2, 0) is 38.1 Å². The number of hydrogen-bond donors (Lipinski definition) is 0. The average Bonchev–Trinajstić information content (AvgIpc) is 2.54. The second-order valence-corrected chi connectivity index (χ2v) is 11.7. The number of carbonyl (C=O) groups is 4. The zero-order valence-electron chi connectivity index (χ0n) is 21.7. The molecule has 0 amide bonds. The third kappa shape index (κ3) is 20.1. The van der Waals surface area contributed by atoms with Gasteiger partial charge in [0.15, 0.2) is 0 Å². The van der Waals surface area contributed by atoms with E-state index in [1.165, 1.54) is 16.7 Å². The number of hydrogen-bond acceptors (Lipinski definition) is 10. The third-order valence-electron chi connectivity index (χ3n) is 3.45. The van der Waals surface area contributed by atoms with Crippen molar-refractivity contribution < 1.29 is 38.1 Å². The molecule has 0 aliphatic heterocycles. The number of rotatable bonds is 11. The lowest BCUT2D eigenvalue weighted by Crippen LogP contribution is -2.52. The van der Waals surface area contributed by atoms with E-state index in [-0.39, 0.29) is 27.2 Å². The first-order chi connectivity index (χ1) is 14.8. The van der Waals surface area contributed by atoms with Crippen molar-refractivity contribution in [1.82, 2.24) is 4.90 Å². The lowest BCUT2D eigenvalue weighted by atomic mass is 10.1. The Hall–Kier alpha value is -1.81. The van der Waals surface area contributed by atoms with E-state index in [0.717, 1.165) is 5.75 Å². The van der Waals surface area contributed by atoms with Crippen LogP contribution >= 0.6 is 11.8 Å². The largest absolute Gasteiger partial charge is 0.463 e. The Balaban J connectivity index is -0.00000512. The number of nitrogens with zero attached hydrogens (tertiary/aromatic N) is 1. The minimum absolute atomic E-state index is 0. The number of ether oxygens (including phenoxy) is 4. The second kappa shape index (κ2) is 16.0. The van der Waals surface area contributed by atoms with Crippen molar-refractivity contribution in [2.45, 2.75) is 107 Å². The van der Waals surface area contributed by atoms with E-state index in [9.17, 15) is 19.2 Å². The Morgan fingerprint density at radius 3 is 1.46 bits per heavy atom. The van der Waals surface area contributed by atoms with Gasteiger partial charge in [0.25, 0.3) is 0 Å². The van der Waals surface area contributed by atoms with E-state index in [1.807, 2.05) is 6.92 Å². The van der Waals surface area contributed by atoms with E-state index in [0.29, 0.717) is 0 Å². The van der Waals surface area contributed by atoms with E-state index in [2.05, 4.69) is 0 Å². The minimum Gasteiger partial charge on any atom is -0.463 e. The van der Waals surface area contributed by atoms with E-state index in [1.54, 1.807) is 62.3 Å². The molecule has 0 rings (SSSR count). The molecule has 0 saturated heterocycles. The molecule has 0 aliphatic carbocycles. The maximum Gasteiger partial charge on any atom is 0.327 e. The van der Waals surface area contributed by atoms with Crippen LogP contribution in [0, 0.1) is 0 Å². The average molecular weight is 524 g/mol. The standard InChI is InChI=1S/C23H41NO8S.2CH4/c1-11-33-15-19(27)29-14-16(20(28)32-23(8,9)10)24(12-17(25)30-21(2,3)4)13-18(26)31-22(5,6)7;;/h16H,11-15H2,1-10H3;2*1H4/t16-;;/m0../s1. The number of esters is 4. The summed E-state index contributed by atoms with van der Waals surface area (Å²) in [6.45, 7) is 16.1. The van der Waals surface area contributed by atoms with E-state index >= 15 is 0 Å². The van der Waals surface area contributed by atoms with Gasteiger partial charge in [-0.05, 0) is 68.1 Å². The zero-order chi connectivity index (χ0) is 26.0. The number of thioether (sulfide) groups is 1. The molecule has 0 spiro atoms. The van der Waals surface area contributed by atoms with Crippen LogP contribution in [-0.4, -0.2) is 82.8 Å². The summed E-state index contributed by atoms with van der Waals surface area (Å²) in [6.07, 6.45) is 0. The molecule has 9 nitrogen and oxygen atoms in total. The normalized spacial score (nSPS) is 12.5. The van der Waals surface area contributed by atoms with Crippen LogP contribution < -0.4 is 0 Å². The molecule has 0 aliphatic rings. The fraction of sp³-hybridized carbons (Fsp3) is 0.840. The van der Waals surface area contributed by atoms with Crippen LogP contribution in [0.15, 0.2) is 0 Å². The summed E-state index contributed by atoms with van der Waals surface area (Å²) >= 11 is 1.38. The van der Waals surface area contributed by atoms with Crippen molar-refractivity contribution >= 4 is 35.6 Å². The van der Waals surface area contributed by atoms with Gasteiger partial charge in [-0.1, -0.05) is 21.8 Å². The molecule has 0 bridgehead atoms. The van der Waals surface area contributed by atoms with E-state index in [4.69, 9.17) is 18.9 Å². The molecule has 35 heavy (non-hydrogen) atoms. The SMILES string of the molecule is C.C.CCSCC(=O)OC[C@@H](C(=O)OC(C)(C)C)N(CC(=O)OC(C)(C)C)CC(=O)OC(C)(C)C. The smallest absolute Gasteiger partial charge is 0.327 e. The predicted molar refractivity (Wildman–Crippen MR) is 140 cm³/mol. The summed E-state index contributed by atoms with van der Waals surface area (Å²) < 4.78 is 21.5. The molecule has 0 heterocycles. The van der Waals surface area contributed by atoms with Crippen molar-refractivity contribution in [3.05, 3.63) is 0 Å². The quantitative estimate of drug-likeness (QED) is 0.288. The van der Waals surface area contributed by atoms with Gasteiger partial charge in [-0.15, -0.1) is 0 Å². The Labute approximate surface area is 216 Å². The monoisotopic (exact) mass is 523 g/mol. The van der Waals surface area contributed by atoms with Crippen LogP contribution in [0.25, 0.3) is 0 Å². The molecule has 0 N–H and O–H groups in total. The molecule has 0 fully saturated rings. The Bertz CT molecular complexity index is 644. The van der Waals surface area contributed by atoms with E-state index < -0.39 is 59.8 Å². The Morgan fingerprint density at radius 2 is 1.11 bits per heavy atom. The van der Waals surface area contributed by atoms with Gasteiger partial charge in [-0.3, -0.25) is 24.1 Å². The summed E-state index contributed by atoms with van der Waals surface area (Å²) in [6, 6.07) is -1.21. The zero-order valence-corrected chi connectivity index (χ0v) is 22.6. The van der Waals surface area contributed by atoms with Gasteiger partial charge in [0.05, 0.1) is 18.8 Å². The fourth-order valence-electron chi connectivity index (χ4n) is 2.45. The molecule has 1 atom stereocenters. The van der Waals surface area contributed by atoms with Crippen molar-refractivity contribution in [2.24, 2.45) is 0 Å². The summed E-state index contributed by atoms with van der Waals surface area (Å²) in [5, 5.41) is 0. The summed E-state index contributed by atoms with van der Waals surface area (Å²) in [5.41, 5.74) is -2.36. The molecule has 0 aromatic heterocycles. The third-order valence-corrected chi connectivity index (χ3v) is 4.30. The predicted octanol–water partition coefficient (Wildman–Crippen LogP) is 4.25. The first-order valence-corrected chi connectivity index (χ1v) is 12.1. The fourth-order valence-corrected chi connectivity index (χ4v) is 2.90. The molecule has 0 saturated carbocycles. The van der Waals surface area contributed by atoms with Crippen LogP contribution in [0.5, 0.6) is 0 Å². The highest BCUT2D eigenvalue weighted by Gasteiger charge is 2.36. The van der Waals surface area contributed by atoms with Gasteiger partial charge in [-0.2, -0.15) is 11.8 Å². The van der Waals surface area contributed by atoms with Crippen molar-refractivity contribution in [2.75, 3.05) is 31.2 Å². The molecular formula is C25H49NO8S.